The zero-order chi connectivity index (χ0) is 9.84. The fourth-order valence-corrected chi connectivity index (χ4v) is 1.64. The lowest BCUT2D eigenvalue weighted by atomic mass is 10.2. The lowest BCUT2D eigenvalue weighted by molar-refractivity contribution is -0.00841. The van der Waals surface area contributed by atoms with Gasteiger partial charge in [0.05, 0.1) is 6.61 Å². The van der Waals surface area contributed by atoms with Gasteiger partial charge >= 0.3 is 0 Å². The topological polar surface area (TPSA) is 38.5 Å². The molecule has 1 heterocycles. The second kappa shape index (κ2) is 4.88. The molecule has 0 radical (unpaired) electrons. The minimum absolute atomic E-state index is 0.0438. The first-order chi connectivity index (χ1) is 6.15. The largest absolute Gasteiger partial charge is 0.391 e. The average Bonchev–Trinajstić information content (AvgIpc) is 2.17. The van der Waals surface area contributed by atoms with Crippen molar-refractivity contribution >= 4 is 17.2 Å². The van der Waals surface area contributed by atoms with E-state index in [9.17, 15) is 0 Å². The van der Waals surface area contributed by atoms with E-state index in [0.717, 1.165) is 26.1 Å². The number of rotatable bonds is 3. The first-order valence-electron chi connectivity index (χ1n) is 4.80. The second-order valence-corrected chi connectivity index (χ2v) is 3.99. The number of thiocarbonyl (C=S) groups is 1. The van der Waals surface area contributed by atoms with Crippen LogP contribution in [0.25, 0.3) is 0 Å². The summed E-state index contributed by atoms with van der Waals surface area (Å²) in [5, 5.41) is 0. The van der Waals surface area contributed by atoms with E-state index in [0.29, 0.717) is 11.0 Å². The lowest BCUT2D eigenvalue weighted by Gasteiger charge is -2.36. The SMILES string of the molecule is CCC(C)N1CCOC(C(N)=S)C1. The summed E-state index contributed by atoms with van der Waals surface area (Å²) in [6.07, 6.45) is 1.11. The molecule has 3 nitrogen and oxygen atoms in total. The molecule has 0 bridgehead atoms. The maximum Gasteiger partial charge on any atom is 0.120 e. The fourth-order valence-electron chi connectivity index (χ4n) is 1.50. The van der Waals surface area contributed by atoms with Crippen LogP contribution in [0.3, 0.4) is 0 Å². The molecule has 0 amide bonds. The number of morpholine rings is 1. The van der Waals surface area contributed by atoms with Gasteiger partial charge in [0.1, 0.15) is 11.1 Å². The van der Waals surface area contributed by atoms with E-state index in [1.807, 2.05) is 0 Å². The molecule has 76 valence electrons. The Bertz CT molecular complexity index is 186. The highest BCUT2D eigenvalue weighted by Crippen LogP contribution is 2.10. The van der Waals surface area contributed by atoms with Crippen LogP contribution in [0.2, 0.25) is 0 Å². The predicted octanol–water partition coefficient (Wildman–Crippen LogP) is 0.772. The molecule has 4 heteroatoms. The summed E-state index contributed by atoms with van der Waals surface area (Å²) in [6, 6.07) is 0.598. The van der Waals surface area contributed by atoms with E-state index in [1.54, 1.807) is 0 Å². The van der Waals surface area contributed by atoms with E-state index >= 15 is 0 Å². The Morgan fingerprint density at radius 1 is 1.77 bits per heavy atom. The van der Waals surface area contributed by atoms with Gasteiger partial charge in [-0.05, 0) is 13.3 Å². The lowest BCUT2D eigenvalue weighted by Crippen LogP contribution is -2.50. The van der Waals surface area contributed by atoms with Crippen molar-refractivity contribution in [3.05, 3.63) is 0 Å². The molecule has 0 spiro atoms. The highest BCUT2D eigenvalue weighted by Gasteiger charge is 2.24. The van der Waals surface area contributed by atoms with Crippen molar-refractivity contribution in [2.45, 2.75) is 32.4 Å². The normalized spacial score (nSPS) is 27.1. The van der Waals surface area contributed by atoms with Crippen LogP contribution in [0.15, 0.2) is 0 Å². The molecular weight excluding hydrogens is 184 g/mol. The highest BCUT2D eigenvalue weighted by molar-refractivity contribution is 7.80. The third-order valence-corrected chi connectivity index (χ3v) is 2.89. The van der Waals surface area contributed by atoms with Crippen molar-refractivity contribution in [1.82, 2.24) is 4.90 Å². The molecule has 1 fully saturated rings. The van der Waals surface area contributed by atoms with Gasteiger partial charge in [-0.1, -0.05) is 19.1 Å². The third-order valence-electron chi connectivity index (χ3n) is 2.63. The Morgan fingerprint density at radius 3 is 3.00 bits per heavy atom. The highest BCUT2D eigenvalue weighted by atomic mass is 32.1. The average molecular weight is 202 g/mol. The summed E-state index contributed by atoms with van der Waals surface area (Å²) in [7, 11) is 0. The van der Waals surface area contributed by atoms with E-state index in [2.05, 4.69) is 18.7 Å². The van der Waals surface area contributed by atoms with Gasteiger partial charge < -0.3 is 10.5 Å². The number of nitrogens with zero attached hydrogens (tertiary/aromatic N) is 1. The monoisotopic (exact) mass is 202 g/mol. The van der Waals surface area contributed by atoms with Crippen molar-refractivity contribution in [3.8, 4) is 0 Å². The summed E-state index contributed by atoms with van der Waals surface area (Å²) in [5.74, 6) is 0. The van der Waals surface area contributed by atoms with Gasteiger partial charge in [-0.15, -0.1) is 0 Å². The minimum Gasteiger partial charge on any atom is -0.391 e. The van der Waals surface area contributed by atoms with Crippen molar-refractivity contribution in [3.63, 3.8) is 0 Å². The third kappa shape index (κ3) is 2.90. The molecule has 0 aromatic heterocycles. The molecule has 1 saturated heterocycles. The molecule has 0 aliphatic carbocycles. The zero-order valence-electron chi connectivity index (χ0n) is 8.32. The van der Waals surface area contributed by atoms with Crippen molar-refractivity contribution < 1.29 is 4.74 Å². The summed E-state index contributed by atoms with van der Waals surface area (Å²) in [6.45, 7) is 7.00. The van der Waals surface area contributed by atoms with Crippen LogP contribution in [0.4, 0.5) is 0 Å². The molecule has 1 aliphatic rings. The van der Waals surface area contributed by atoms with Crippen LogP contribution in [-0.4, -0.2) is 41.7 Å². The van der Waals surface area contributed by atoms with E-state index in [1.165, 1.54) is 0 Å². The molecule has 2 unspecified atom stereocenters. The maximum absolute atomic E-state index is 5.55. The van der Waals surface area contributed by atoms with Crippen LogP contribution in [0.1, 0.15) is 20.3 Å². The van der Waals surface area contributed by atoms with Gasteiger partial charge in [0.2, 0.25) is 0 Å². The molecule has 13 heavy (non-hydrogen) atoms. The van der Waals surface area contributed by atoms with Crippen LogP contribution in [0, 0.1) is 0 Å². The van der Waals surface area contributed by atoms with E-state index in [-0.39, 0.29) is 6.10 Å². The van der Waals surface area contributed by atoms with Gasteiger partial charge in [0, 0.05) is 19.1 Å². The van der Waals surface area contributed by atoms with Gasteiger partial charge in [-0.2, -0.15) is 0 Å². The summed E-state index contributed by atoms with van der Waals surface area (Å²) in [4.78, 5) is 2.86. The number of nitrogens with two attached hydrogens (primary N) is 1. The Kier molecular flexibility index (Phi) is 4.09. The molecular formula is C9H18N2OS. The Morgan fingerprint density at radius 2 is 2.46 bits per heavy atom. The molecule has 0 aromatic rings. The summed E-state index contributed by atoms with van der Waals surface area (Å²) < 4.78 is 5.46. The fraction of sp³-hybridized carbons (Fsp3) is 0.889. The smallest absolute Gasteiger partial charge is 0.120 e. The maximum atomic E-state index is 5.55. The molecule has 1 rings (SSSR count). The second-order valence-electron chi connectivity index (χ2n) is 3.51. The predicted molar refractivity (Wildman–Crippen MR) is 57.9 cm³/mol. The number of hydrogen-bond donors (Lipinski definition) is 1. The molecule has 0 saturated carbocycles. The van der Waals surface area contributed by atoms with Crippen LogP contribution in [-0.2, 0) is 4.74 Å². The van der Waals surface area contributed by atoms with Crippen LogP contribution >= 0.6 is 12.2 Å². The van der Waals surface area contributed by atoms with Gasteiger partial charge in [0.25, 0.3) is 0 Å². The Labute approximate surface area is 85.2 Å². The zero-order valence-corrected chi connectivity index (χ0v) is 9.14. The van der Waals surface area contributed by atoms with Crippen molar-refractivity contribution in [2.24, 2.45) is 5.73 Å². The summed E-state index contributed by atoms with van der Waals surface area (Å²) >= 11 is 4.92. The number of hydrogen-bond acceptors (Lipinski definition) is 3. The van der Waals surface area contributed by atoms with E-state index in [4.69, 9.17) is 22.7 Å². The Balaban J connectivity index is 2.46. The minimum atomic E-state index is -0.0438. The van der Waals surface area contributed by atoms with E-state index < -0.39 is 0 Å². The first-order valence-corrected chi connectivity index (χ1v) is 5.21. The van der Waals surface area contributed by atoms with Gasteiger partial charge in [-0.25, -0.2) is 0 Å². The number of ether oxygens (including phenoxy) is 1. The molecule has 1 aliphatic heterocycles. The van der Waals surface area contributed by atoms with Gasteiger partial charge in [-0.3, -0.25) is 4.90 Å². The first kappa shape index (κ1) is 10.9. The van der Waals surface area contributed by atoms with Gasteiger partial charge in [0.15, 0.2) is 0 Å². The Hall–Kier alpha value is -0.190. The standard InChI is InChI=1S/C9H18N2OS/c1-3-7(2)11-4-5-12-8(6-11)9(10)13/h7-8H,3-6H2,1-2H3,(H2,10,13). The molecule has 2 N–H and O–H groups in total. The molecule has 2 atom stereocenters. The summed E-state index contributed by atoms with van der Waals surface area (Å²) in [5.41, 5.74) is 5.55. The quantitative estimate of drug-likeness (QED) is 0.686. The van der Waals surface area contributed by atoms with Crippen molar-refractivity contribution in [2.75, 3.05) is 19.7 Å². The molecule has 0 aromatic carbocycles. The van der Waals surface area contributed by atoms with Crippen LogP contribution < -0.4 is 5.73 Å². The van der Waals surface area contributed by atoms with Crippen molar-refractivity contribution in [1.29, 1.82) is 0 Å². The van der Waals surface area contributed by atoms with Crippen LogP contribution in [0.5, 0.6) is 0 Å².